The van der Waals surface area contributed by atoms with Gasteiger partial charge in [-0.25, -0.2) is 4.79 Å². The van der Waals surface area contributed by atoms with Gasteiger partial charge in [0.1, 0.15) is 0 Å². The molecule has 4 rings (SSSR count). The molecular formula is C21H18ClN3O2S. The van der Waals surface area contributed by atoms with Crippen LogP contribution in [-0.2, 0) is 13.0 Å². The molecule has 0 aliphatic carbocycles. The summed E-state index contributed by atoms with van der Waals surface area (Å²) in [6.07, 6.45) is 0.809. The van der Waals surface area contributed by atoms with Gasteiger partial charge in [-0.2, -0.15) is 0 Å². The molecule has 0 saturated heterocycles. The second-order valence-corrected chi connectivity index (χ2v) is 7.91. The van der Waals surface area contributed by atoms with Gasteiger partial charge in [0.05, 0.1) is 4.88 Å². The molecule has 0 spiro atoms. The predicted molar refractivity (Wildman–Crippen MR) is 113 cm³/mol. The van der Waals surface area contributed by atoms with Crippen LogP contribution in [0.5, 0.6) is 0 Å². The molecule has 1 aromatic heterocycles. The number of carbonyl (C=O) groups excluding carboxylic acids is 2. The molecule has 2 heterocycles. The lowest BCUT2D eigenvalue weighted by atomic mass is 9.99. The summed E-state index contributed by atoms with van der Waals surface area (Å²) in [6.45, 7) is 1.24. The van der Waals surface area contributed by atoms with Crippen LogP contribution in [0.4, 0.5) is 16.2 Å². The minimum Gasteiger partial charge on any atom is -0.333 e. The summed E-state index contributed by atoms with van der Waals surface area (Å²) in [5, 5.41) is 8.14. The number of rotatable bonds is 3. The molecule has 1 aliphatic rings. The minimum atomic E-state index is -0.329. The molecule has 0 bridgehead atoms. The Balaban J connectivity index is 1.43. The Hall–Kier alpha value is -2.83. The van der Waals surface area contributed by atoms with Crippen molar-refractivity contribution in [1.29, 1.82) is 0 Å². The largest absolute Gasteiger partial charge is 0.333 e. The maximum atomic E-state index is 12.6. The smallest absolute Gasteiger partial charge is 0.323 e. The molecule has 0 fully saturated rings. The number of amides is 3. The average Bonchev–Trinajstić information content (AvgIpc) is 3.23. The highest BCUT2D eigenvalue weighted by atomic mass is 35.5. The number of benzene rings is 2. The molecule has 7 heteroatoms. The minimum absolute atomic E-state index is 0.0551. The highest BCUT2D eigenvalue weighted by Gasteiger charge is 2.22. The van der Waals surface area contributed by atoms with E-state index in [4.69, 9.17) is 11.6 Å². The summed E-state index contributed by atoms with van der Waals surface area (Å²) in [4.78, 5) is 27.5. The molecule has 0 atom stereocenters. The molecule has 28 heavy (non-hydrogen) atoms. The van der Waals surface area contributed by atoms with Crippen molar-refractivity contribution in [3.63, 3.8) is 0 Å². The van der Waals surface area contributed by atoms with Crippen molar-refractivity contribution in [2.45, 2.75) is 13.0 Å². The van der Waals surface area contributed by atoms with Gasteiger partial charge in [-0.05, 0) is 65.4 Å². The predicted octanol–water partition coefficient (Wildman–Crippen LogP) is 5.24. The molecule has 0 saturated carbocycles. The normalized spacial score (nSPS) is 13.0. The zero-order chi connectivity index (χ0) is 19.5. The van der Waals surface area contributed by atoms with Crippen LogP contribution >= 0.6 is 22.9 Å². The molecule has 3 aromatic rings. The molecule has 2 N–H and O–H groups in total. The summed E-state index contributed by atoms with van der Waals surface area (Å²) in [6, 6.07) is 16.2. The Kier molecular flexibility index (Phi) is 5.32. The first-order valence-electron chi connectivity index (χ1n) is 8.86. The fourth-order valence-corrected chi connectivity index (χ4v) is 4.01. The Morgan fingerprint density at radius 1 is 0.964 bits per heavy atom. The third-order valence-corrected chi connectivity index (χ3v) is 5.71. The molecule has 5 nitrogen and oxygen atoms in total. The standard InChI is InChI=1S/C21H18ClN3O2S/c22-16-4-7-17(8-5-16)23-21(27)24-18-6-3-14-9-10-25(13-15(14)12-18)20(26)19-2-1-11-28-19/h1-8,11-12H,9-10,13H2,(H2,23,24,27). The number of halogens is 1. The van der Waals surface area contributed by atoms with Gasteiger partial charge in [-0.15, -0.1) is 11.3 Å². The molecule has 142 valence electrons. The first-order chi connectivity index (χ1) is 13.6. The number of anilines is 2. The number of hydrogen-bond acceptors (Lipinski definition) is 3. The van der Waals surface area contributed by atoms with Crippen molar-refractivity contribution in [1.82, 2.24) is 4.90 Å². The van der Waals surface area contributed by atoms with Gasteiger partial charge in [0.15, 0.2) is 0 Å². The van der Waals surface area contributed by atoms with Gasteiger partial charge >= 0.3 is 6.03 Å². The van der Waals surface area contributed by atoms with E-state index in [0.29, 0.717) is 29.5 Å². The van der Waals surface area contributed by atoms with Crippen LogP contribution in [0.25, 0.3) is 0 Å². The number of thiophene rings is 1. The fraction of sp³-hybridized carbons (Fsp3) is 0.143. The summed E-state index contributed by atoms with van der Waals surface area (Å²) in [5.41, 5.74) is 3.61. The zero-order valence-corrected chi connectivity index (χ0v) is 16.5. The second kappa shape index (κ2) is 8.04. The van der Waals surface area contributed by atoms with E-state index in [1.54, 1.807) is 24.3 Å². The number of nitrogens with zero attached hydrogens (tertiary/aromatic N) is 1. The van der Waals surface area contributed by atoms with Crippen LogP contribution in [0, 0.1) is 0 Å². The SMILES string of the molecule is O=C(Nc1ccc(Cl)cc1)Nc1ccc2c(c1)CN(C(=O)c1cccs1)CC2. The quantitative estimate of drug-likeness (QED) is 0.618. The molecule has 1 aliphatic heterocycles. The molecule has 0 unspecified atom stereocenters. The van der Waals surface area contributed by atoms with Crippen LogP contribution in [0.3, 0.4) is 0 Å². The summed E-state index contributed by atoms with van der Waals surface area (Å²) >= 11 is 7.31. The number of urea groups is 1. The second-order valence-electron chi connectivity index (χ2n) is 6.52. The van der Waals surface area contributed by atoms with Gasteiger partial charge in [0.2, 0.25) is 0 Å². The lowest BCUT2D eigenvalue weighted by molar-refractivity contribution is 0.0739. The first kappa shape index (κ1) is 18.5. The van der Waals surface area contributed by atoms with E-state index in [-0.39, 0.29) is 11.9 Å². The third-order valence-electron chi connectivity index (χ3n) is 4.60. The van der Waals surface area contributed by atoms with Crippen molar-refractivity contribution < 1.29 is 9.59 Å². The maximum Gasteiger partial charge on any atom is 0.323 e. The van der Waals surface area contributed by atoms with Crippen molar-refractivity contribution in [3.8, 4) is 0 Å². The Morgan fingerprint density at radius 2 is 1.71 bits per heavy atom. The Bertz CT molecular complexity index is 1000. The number of nitrogens with one attached hydrogen (secondary N) is 2. The first-order valence-corrected chi connectivity index (χ1v) is 10.1. The van der Waals surface area contributed by atoms with Crippen LogP contribution < -0.4 is 10.6 Å². The van der Waals surface area contributed by atoms with Gasteiger partial charge in [-0.3, -0.25) is 4.79 Å². The van der Waals surface area contributed by atoms with E-state index in [0.717, 1.165) is 16.9 Å². The van der Waals surface area contributed by atoms with Gasteiger partial charge in [0, 0.05) is 29.5 Å². The van der Waals surface area contributed by atoms with E-state index in [1.165, 1.54) is 16.9 Å². The Labute approximate surface area is 171 Å². The van der Waals surface area contributed by atoms with E-state index in [1.807, 2.05) is 40.6 Å². The van der Waals surface area contributed by atoms with Crippen LogP contribution in [0.2, 0.25) is 5.02 Å². The van der Waals surface area contributed by atoms with E-state index < -0.39 is 0 Å². The monoisotopic (exact) mass is 411 g/mol. The zero-order valence-electron chi connectivity index (χ0n) is 14.9. The number of fused-ring (bicyclic) bond motifs is 1. The summed E-state index contributed by atoms with van der Waals surface area (Å²) < 4.78 is 0. The number of carbonyl (C=O) groups is 2. The number of hydrogen-bond donors (Lipinski definition) is 2. The van der Waals surface area contributed by atoms with E-state index in [9.17, 15) is 9.59 Å². The van der Waals surface area contributed by atoms with Crippen LogP contribution in [-0.4, -0.2) is 23.4 Å². The highest BCUT2D eigenvalue weighted by Crippen LogP contribution is 2.25. The van der Waals surface area contributed by atoms with Gasteiger partial charge in [0.25, 0.3) is 5.91 Å². The summed E-state index contributed by atoms with van der Waals surface area (Å²) in [7, 11) is 0. The van der Waals surface area contributed by atoms with Crippen molar-refractivity contribution in [2.75, 3.05) is 17.2 Å². The molecule has 2 aromatic carbocycles. The molecule has 3 amide bonds. The Morgan fingerprint density at radius 3 is 2.46 bits per heavy atom. The van der Waals surface area contributed by atoms with E-state index >= 15 is 0 Å². The average molecular weight is 412 g/mol. The van der Waals surface area contributed by atoms with Crippen LogP contribution in [0.15, 0.2) is 60.0 Å². The van der Waals surface area contributed by atoms with E-state index in [2.05, 4.69) is 10.6 Å². The fourth-order valence-electron chi connectivity index (χ4n) is 3.19. The maximum absolute atomic E-state index is 12.6. The van der Waals surface area contributed by atoms with Gasteiger partial charge < -0.3 is 15.5 Å². The lowest BCUT2D eigenvalue weighted by Gasteiger charge is -2.29. The van der Waals surface area contributed by atoms with Gasteiger partial charge in [-0.1, -0.05) is 23.7 Å². The van der Waals surface area contributed by atoms with Crippen molar-refractivity contribution >= 4 is 46.3 Å². The lowest BCUT2D eigenvalue weighted by Crippen LogP contribution is -2.35. The summed E-state index contributed by atoms with van der Waals surface area (Å²) in [5.74, 6) is 0.0551. The molecule has 0 radical (unpaired) electrons. The van der Waals surface area contributed by atoms with Crippen molar-refractivity contribution in [3.05, 3.63) is 81.0 Å². The molecular weight excluding hydrogens is 394 g/mol. The van der Waals surface area contributed by atoms with Crippen molar-refractivity contribution in [2.24, 2.45) is 0 Å². The topological polar surface area (TPSA) is 61.4 Å². The highest BCUT2D eigenvalue weighted by molar-refractivity contribution is 7.12. The third kappa shape index (κ3) is 4.18. The van der Waals surface area contributed by atoms with Crippen LogP contribution in [0.1, 0.15) is 20.8 Å².